The van der Waals surface area contributed by atoms with Crippen molar-refractivity contribution in [3.05, 3.63) is 42.5 Å². The van der Waals surface area contributed by atoms with Crippen LogP contribution in [0.1, 0.15) is 18.9 Å². The van der Waals surface area contributed by atoms with Gasteiger partial charge in [-0.25, -0.2) is 4.98 Å². The van der Waals surface area contributed by atoms with Crippen molar-refractivity contribution in [3.63, 3.8) is 0 Å². The van der Waals surface area contributed by atoms with E-state index in [4.69, 9.17) is 10.9 Å². The van der Waals surface area contributed by atoms with Gasteiger partial charge in [-0.15, -0.1) is 0 Å². The van der Waals surface area contributed by atoms with E-state index in [1.54, 1.807) is 12.4 Å². The van der Waals surface area contributed by atoms with Crippen LogP contribution in [0.15, 0.2) is 42.1 Å². The zero-order chi connectivity index (χ0) is 15.1. The molecule has 7 nitrogen and oxygen atoms in total. The SMILES string of the molecule is CCn1ccnc1N(CCC(N)=NO)Cc1cccnc1. The second-order valence-corrected chi connectivity index (χ2v) is 4.64. The van der Waals surface area contributed by atoms with Gasteiger partial charge in [-0.3, -0.25) is 4.98 Å². The molecule has 0 amide bonds. The van der Waals surface area contributed by atoms with E-state index in [9.17, 15) is 0 Å². The Labute approximate surface area is 123 Å². The third-order valence-electron chi connectivity index (χ3n) is 3.18. The minimum absolute atomic E-state index is 0.209. The summed E-state index contributed by atoms with van der Waals surface area (Å²) in [7, 11) is 0. The highest BCUT2D eigenvalue weighted by atomic mass is 16.4. The van der Waals surface area contributed by atoms with Gasteiger partial charge in [0.15, 0.2) is 0 Å². The molecule has 0 fully saturated rings. The summed E-state index contributed by atoms with van der Waals surface area (Å²) in [4.78, 5) is 10.6. The molecule has 2 aromatic heterocycles. The van der Waals surface area contributed by atoms with Gasteiger partial charge in [0.05, 0.1) is 0 Å². The fourth-order valence-corrected chi connectivity index (χ4v) is 2.09. The van der Waals surface area contributed by atoms with Crippen LogP contribution in [0.5, 0.6) is 0 Å². The average molecular weight is 288 g/mol. The monoisotopic (exact) mass is 288 g/mol. The largest absolute Gasteiger partial charge is 0.409 e. The Morgan fingerprint density at radius 3 is 3.00 bits per heavy atom. The molecule has 3 N–H and O–H groups in total. The number of hydrogen-bond acceptors (Lipinski definition) is 5. The third-order valence-corrected chi connectivity index (χ3v) is 3.18. The molecule has 2 aromatic rings. The molecule has 0 aliphatic rings. The van der Waals surface area contributed by atoms with Crippen molar-refractivity contribution in [2.24, 2.45) is 10.9 Å². The Balaban J connectivity index is 2.17. The lowest BCUT2D eigenvalue weighted by Gasteiger charge is -2.24. The summed E-state index contributed by atoms with van der Waals surface area (Å²) in [5, 5.41) is 11.7. The summed E-state index contributed by atoms with van der Waals surface area (Å²) in [6.07, 6.45) is 7.76. The first-order valence-corrected chi connectivity index (χ1v) is 6.86. The van der Waals surface area contributed by atoms with Crippen LogP contribution < -0.4 is 10.6 Å². The molecular formula is C14H20N6O. The second kappa shape index (κ2) is 7.28. The Hall–Kier alpha value is -2.57. The summed E-state index contributed by atoms with van der Waals surface area (Å²) in [6, 6.07) is 3.92. The molecular weight excluding hydrogens is 268 g/mol. The normalized spacial score (nSPS) is 11.6. The van der Waals surface area contributed by atoms with E-state index in [2.05, 4.69) is 31.5 Å². The number of aryl methyl sites for hydroxylation is 1. The number of rotatable bonds is 7. The van der Waals surface area contributed by atoms with Crippen LogP contribution in [0.3, 0.4) is 0 Å². The molecule has 0 saturated carbocycles. The van der Waals surface area contributed by atoms with E-state index >= 15 is 0 Å². The summed E-state index contributed by atoms with van der Waals surface area (Å²) >= 11 is 0. The molecule has 2 rings (SSSR count). The first kappa shape index (κ1) is 14.8. The lowest BCUT2D eigenvalue weighted by molar-refractivity contribution is 0.317. The van der Waals surface area contributed by atoms with Gasteiger partial charge in [0.2, 0.25) is 5.95 Å². The molecule has 0 radical (unpaired) electrons. The fourth-order valence-electron chi connectivity index (χ4n) is 2.09. The van der Waals surface area contributed by atoms with E-state index in [0.29, 0.717) is 19.5 Å². The van der Waals surface area contributed by atoms with Crippen LogP contribution in [0.25, 0.3) is 0 Å². The van der Waals surface area contributed by atoms with Gasteiger partial charge < -0.3 is 20.4 Å². The van der Waals surface area contributed by atoms with Crippen molar-refractivity contribution in [1.82, 2.24) is 14.5 Å². The van der Waals surface area contributed by atoms with Crippen LogP contribution in [-0.4, -0.2) is 32.1 Å². The molecule has 0 unspecified atom stereocenters. The fraction of sp³-hybridized carbons (Fsp3) is 0.357. The molecule has 0 spiro atoms. The number of pyridine rings is 1. The lowest BCUT2D eigenvalue weighted by Crippen LogP contribution is -2.30. The number of oxime groups is 1. The molecule has 0 bridgehead atoms. The first-order valence-electron chi connectivity index (χ1n) is 6.86. The Morgan fingerprint density at radius 1 is 1.48 bits per heavy atom. The number of amidine groups is 1. The molecule has 0 atom stereocenters. The predicted octanol–water partition coefficient (Wildman–Crippen LogP) is 1.44. The Kier molecular flexibility index (Phi) is 5.14. The van der Waals surface area contributed by atoms with Crippen LogP contribution in [0, 0.1) is 0 Å². The number of nitrogens with zero attached hydrogens (tertiary/aromatic N) is 5. The Bertz CT molecular complexity index is 580. The predicted molar refractivity (Wildman–Crippen MR) is 81.2 cm³/mol. The summed E-state index contributed by atoms with van der Waals surface area (Å²) in [5.41, 5.74) is 6.66. The van der Waals surface area contributed by atoms with Crippen molar-refractivity contribution in [1.29, 1.82) is 0 Å². The van der Waals surface area contributed by atoms with Crippen molar-refractivity contribution in [3.8, 4) is 0 Å². The summed E-state index contributed by atoms with van der Waals surface area (Å²) in [6.45, 7) is 4.19. The molecule has 2 heterocycles. The highest BCUT2D eigenvalue weighted by Gasteiger charge is 2.13. The van der Waals surface area contributed by atoms with Crippen LogP contribution >= 0.6 is 0 Å². The zero-order valence-corrected chi connectivity index (χ0v) is 12.1. The smallest absolute Gasteiger partial charge is 0.205 e. The van der Waals surface area contributed by atoms with Crippen LogP contribution in [0.4, 0.5) is 5.95 Å². The lowest BCUT2D eigenvalue weighted by atomic mass is 10.2. The van der Waals surface area contributed by atoms with Crippen molar-refractivity contribution in [2.45, 2.75) is 26.4 Å². The van der Waals surface area contributed by atoms with Gasteiger partial charge in [-0.1, -0.05) is 11.2 Å². The van der Waals surface area contributed by atoms with Gasteiger partial charge in [-0.2, -0.15) is 0 Å². The molecule has 7 heteroatoms. The van der Waals surface area contributed by atoms with Gasteiger partial charge in [0.1, 0.15) is 5.84 Å². The number of aromatic nitrogens is 3. The minimum atomic E-state index is 0.209. The third kappa shape index (κ3) is 3.95. The highest BCUT2D eigenvalue weighted by Crippen LogP contribution is 2.15. The van der Waals surface area contributed by atoms with Gasteiger partial charge >= 0.3 is 0 Å². The number of anilines is 1. The maximum Gasteiger partial charge on any atom is 0.205 e. The van der Waals surface area contributed by atoms with Crippen molar-refractivity contribution in [2.75, 3.05) is 11.4 Å². The first-order chi connectivity index (χ1) is 10.2. The van der Waals surface area contributed by atoms with E-state index in [1.807, 2.05) is 24.5 Å². The van der Waals surface area contributed by atoms with E-state index in [1.165, 1.54) is 0 Å². The van der Waals surface area contributed by atoms with Gasteiger partial charge in [0.25, 0.3) is 0 Å². The Morgan fingerprint density at radius 2 is 2.33 bits per heavy atom. The topological polar surface area (TPSA) is 92.6 Å². The molecule has 0 saturated heterocycles. The number of nitrogens with two attached hydrogens (primary N) is 1. The molecule has 21 heavy (non-hydrogen) atoms. The second-order valence-electron chi connectivity index (χ2n) is 4.64. The van der Waals surface area contributed by atoms with Crippen LogP contribution in [-0.2, 0) is 13.1 Å². The molecule has 0 aliphatic heterocycles. The maximum absolute atomic E-state index is 8.68. The zero-order valence-electron chi connectivity index (χ0n) is 12.1. The van der Waals surface area contributed by atoms with E-state index in [-0.39, 0.29) is 5.84 Å². The summed E-state index contributed by atoms with van der Waals surface area (Å²) < 4.78 is 2.06. The molecule has 0 aliphatic carbocycles. The standard InChI is InChI=1S/C14H20N6O/c1-2-19-9-7-17-14(19)20(8-5-13(15)18-21)11-12-4-3-6-16-10-12/h3-4,6-7,9-10,21H,2,5,8,11H2,1H3,(H2,15,18). The van der Waals surface area contributed by atoms with Crippen molar-refractivity contribution < 1.29 is 5.21 Å². The number of hydrogen-bond donors (Lipinski definition) is 2. The minimum Gasteiger partial charge on any atom is -0.409 e. The van der Waals surface area contributed by atoms with Gasteiger partial charge in [0, 0.05) is 50.8 Å². The van der Waals surface area contributed by atoms with Crippen LogP contribution in [0.2, 0.25) is 0 Å². The van der Waals surface area contributed by atoms with Gasteiger partial charge in [-0.05, 0) is 18.6 Å². The highest BCUT2D eigenvalue weighted by molar-refractivity contribution is 5.80. The summed E-state index contributed by atoms with van der Waals surface area (Å²) in [5.74, 6) is 1.08. The maximum atomic E-state index is 8.68. The molecule has 0 aromatic carbocycles. The van der Waals surface area contributed by atoms with Crippen molar-refractivity contribution >= 4 is 11.8 Å². The van der Waals surface area contributed by atoms with E-state index < -0.39 is 0 Å². The molecule has 112 valence electrons. The van der Waals surface area contributed by atoms with E-state index in [0.717, 1.165) is 18.1 Å². The average Bonchev–Trinajstić information content (AvgIpc) is 3.00. The number of imidazole rings is 1. The quantitative estimate of drug-likeness (QED) is 0.348.